The molecule has 0 aromatic carbocycles. The zero-order valence-corrected chi connectivity index (χ0v) is 15.3. The Morgan fingerprint density at radius 3 is 2.79 bits per heavy atom. The van der Waals surface area contributed by atoms with Crippen molar-refractivity contribution in [3.63, 3.8) is 0 Å². The van der Waals surface area contributed by atoms with E-state index in [0.717, 1.165) is 26.2 Å². The number of hydrogen-bond donors (Lipinski definition) is 1. The Morgan fingerprint density at radius 1 is 1.29 bits per heavy atom. The standard InChI is InChI=1S/C18H21N3OS2/c1-12-2-4-16(19-10-12)24-17-5-3-15(23-17)18(22)20-14-11-21-8-6-13(14)7-9-21/h2-5,10,13-14H,6-9,11H2,1H3,(H,20,22). The fourth-order valence-corrected chi connectivity index (χ4v) is 5.40. The van der Waals surface area contributed by atoms with Gasteiger partial charge in [-0.05, 0) is 62.5 Å². The summed E-state index contributed by atoms with van der Waals surface area (Å²) in [5.74, 6) is 0.729. The van der Waals surface area contributed by atoms with E-state index in [4.69, 9.17) is 0 Å². The predicted octanol–water partition coefficient (Wildman–Crippen LogP) is 3.43. The molecule has 5 rings (SSSR count). The SMILES string of the molecule is Cc1ccc(Sc2ccc(C(=O)NC3CN4CCC3CC4)s2)nc1. The highest BCUT2D eigenvalue weighted by Gasteiger charge is 2.35. The van der Waals surface area contributed by atoms with Crippen LogP contribution < -0.4 is 5.32 Å². The summed E-state index contributed by atoms with van der Waals surface area (Å²) < 4.78 is 1.10. The molecule has 1 amide bonds. The van der Waals surface area contributed by atoms with Crippen molar-refractivity contribution in [3.05, 3.63) is 40.9 Å². The van der Waals surface area contributed by atoms with Crippen molar-refractivity contribution in [1.82, 2.24) is 15.2 Å². The van der Waals surface area contributed by atoms with Crippen LogP contribution in [0.5, 0.6) is 0 Å². The molecular weight excluding hydrogens is 338 g/mol. The van der Waals surface area contributed by atoms with Gasteiger partial charge in [-0.2, -0.15) is 0 Å². The number of aromatic nitrogens is 1. The number of nitrogens with one attached hydrogen (secondary N) is 1. The second kappa shape index (κ2) is 6.86. The van der Waals surface area contributed by atoms with Gasteiger partial charge in [0.25, 0.3) is 5.91 Å². The molecule has 0 spiro atoms. The molecule has 3 saturated heterocycles. The Morgan fingerprint density at radius 2 is 2.12 bits per heavy atom. The number of aryl methyl sites for hydroxylation is 1. The fourth-order valence-electron chi connectivity index (χ4n) is 3.48. The van der Waals surface area contributed by atoms with Crippen molar-refractivity contribution >= 4 is 29.0 Å². The largest absolute Gasteiger partial charge is 0.347 e. The van der Waals surface area contributed by atoms with Gasteiger partial charge in [0, 0.05) is 18.8 Å². The van der Waals surface area contributed by atoms with Crippen LogP contribution in [0, 0.1) is 12.8 Å². The van der Waals surface area contributed by atoms with Gasteiger partial charge < -0.3 is 10.2 Å². The van der Waals surface area contributed by atoms with Crippen LogP contribution in [0.3, 0.4) is 0 Å². The number of carbonyl (C=O) groups excluding carboxylic acids is 1. The number of amides is 1. The first-order valence-corrected chi connectivity index (χ1v) is 10.0. The third-order valence-electron chi connectivity index (χ3n) is 4.87. The zero-order chi connectivity index (χ0) is 16.5. The maximum atomic E-state index is 12.6. The maximum Gasteiger partial charge on any atom is 0.261 e. The van der Waals surface area contributed by atoms with Crippen LogP contribution in [0.25, 0.3) is 0 Å². The van der Waals surface area contributed by atoms with Crippen LogP contribution in [-0.4, -0.2) is 41.5 Å². The van der Waals surface area contributed by atoms with Crippen molar-refractivity contribution in [1.29, 1.82) is 0 Å². The van der Waals surface area contributed by atoms with Crippen molar-refractivity contribution in [2.75, 3.05) is 19.6 Å². The van der Waals surface area contributed by atoms with Crippen molar-refractivity contribution in [3.8, 4) is 0 Å². The van der Waals surface area contributed by atoms with E-state index in [1.54, 1.807) is 23.1 Å². The highest BCUT2D eigenvalue weighted by Crippen LogP contribution is 2.33. The quantitative estimate of drug-likeness (QED) is 0.908. The summed E-state index contributed by atoms with van der Waals surface area (Å²) in [6.07, 6.45) is 4.31. The maximum absolute atomic E-state index is 12.6. The summed E-state index contributed by atoms with van der Waals surface area (Å²) in [6.45, 7) is 5.43. The number of pyridine rings is 1. The second-order valence-electron chi connectivity index (χ2n) is 6.61. The molecule has 1 N–H and O–H groups in total. The molecule has 4 nitrogen and oxygen atoms in total. The lowest BCUT2D eigenvalue weighted by molar-refractivity contribution is 0.0622. The smallest absolute Gasteiger partial charge is 0.261 e. The molecule has 2 bridgehead atoms. The molecular formula is C18H21N3OS2. The fraction of sp³-hybridized carbons (Fsp3) is 0.444. The van der Waals surface area contributed by atoms with E-state index >= 15 is 0 Å². The molecule has 24 heavy (non-hydrogen) atoms. The molecule has 126 valence electrons. The monoisotopic (exact) mass is 359 g/mol. The number of hydrogen-bond acceptors (Lipinski definition) is 5. The first kappa shape index (κ1) is 16.1. The molecule has 0 aliphatic carbocycles. The Hall–Kier alpha value is -1.37. The summed E-state index contributed by atoms with van der Waals surface area (Å²) in [6, 6.07) is 8.34. The second-order valence-corrected chi connectivity index (χ2v) is 9.02. The minimum atomic E-state index is 0.0717. The van der Waals surface area contributed by atoms with Crippen LogP contribution in [0.1, 0.15) is 28.1 Å². The van der Waals surface area contributed by atoms with Crippen molar-refractivity contribution < 1.29 is 4.79 Å². The van der Waals surface area contributed by atoms with E-state index in [-0.39, 0.29) is 5.91 Å². The van der Waals surface area contributed by atoms with Gasteiger partial charge in [-0.1, -0.05) is 17.8 Å². The van der Waals surface area contributed by atoms with Gasteiger partial charge in [0.05, 0.1) is 9.09 Å². The lowest BCUT2D eigenvalue weighted by Crippen LogP contribution is -2.57. The summed E-state index contributed by atoms with van der Waals surface area (Å²) in [5, 5.41) is 4.22. The highest BCUT2D eigenvalue weighted by atomic mass is 32.2. The number of nitrogens with zero attached hydrogens (tertiary/aromatic N) is 2. The van der Waals surface area contributed by atoms with E-state index in [1.807, 2.05) is 31.3 Å². The van der Waals surface area contributed by atoms with Crippen LogP contribution in [0.2, 0.25) is 0 Å². The summed E-state index contributed by atoms with van der Waals surface area (Å²) >= 11 is 3.16. The molecule has 0 saturated carbocycles. The van der Waals surface area contributed by atoms with E-state index in [2.05, 4.69) is 21.3 Å². The topological polar surface area (TPSA) is 45.2 Å². The first-order valence-electron chi connectivity index (χ1n) is 8.41. The molecule has 6 heteroatoms. The highest BCUT2D eigenvalue weighted by molar-refractivity contribution is 8.01. The van der Waals surface area contributed by atoms with Gasteiger partial charge in [-0.25, -0.2) is 4.98 Å². The number of carbonyl (C=O) groups is 1. The summed E-state index contributed by atoms with van der Waals surface area (Å²) in [7, 11) is 0. The lowest BCUT2D eigenvalue weighted by atomic mass is 9.84. The van der Waals surface area contributed by atoms with E-state index in [0.29, 0.717) is 12.0 Å². The lowest BCUT2D eigenvalue weighted by Gasteiger charge is -2.44. The van der Waals surface area contributed by atoms with Gasteiger partial charge in [-0.3, -0.25) is 4.79 Å². The molecule has 1 unspecified atom stereocenters. The van der Waals surface area contributed by atoms with Crippen LogP contribution in [-0.2, 0) is 0 Å². The Balaban J connectivity index is 1.39. The Kier molecular flexibility index (Phi) is 4.61. The molecule has 5 heterocycles. The van der Waals surface area contributed by atoms with Crippen LogP contribution in [0.4, 0.5) is 0 Å². The molecule has 1 atom stereocenters. The van der Waals surface area contributed by atoms with E-state index in [1.165, 1.54) is 25.9 Å². The minimum absolute atomic E-state index is 0.0717. The molecule has 3 aliphatic heterocycles. The molecule has 3 fully saturated rings. The van der Waals surface area contributed by atoms with Crippen LogP contribution >= 0.6 is 23.1 Å². The predicted molar refractivity (Wildman–Crippen MR) is 97.8 cm³/mol. The van der Waals surface area contributed by atoms with Gasteiger partial charge in [0.1, 0.15) is 5.03 Å². The van der Waals surface area contributed by atoms with E-state index < -0.39 is 0 Å². The summed E-state index contributed by atoms with van der Waals surface area (Å²) in [4.78, 5) is 20.2. The minimum Gasteiger partial charge on any atom is -0.347 e. The van der Waals surface area contributed by atoms with Gasteiger partial charge in [-0.15, -0.1) is 11.3 Å². The molecule has 2 aromatic rings. The van der Waals surface area contributed by atoms with Crippen LogP contribution in [0.15, 0.2) is 39.7 Å². The summed E-state index contributed by atoms with van der Waals surface area (Å²) in [5.41, 5.74) is 1.16. The van der Waals surface area contributed by atoms with Crippen molar-refractivity contribution in [2.24, 2.45) is 5.92 Å². The number of piperidine rings is 3. The van der Waals surface area contributed by atoms with Gasteiger partial charge in [0.15, 0.2) is 0 Å². The third-order valence-corrected chi connectivity index (χ3v) is 7.03. The Labute approximate surface area is 150 Å². The molecule has 0 radical (unpaired) electrons. The third kappa shape index (κ3) is 3.50. The number of fused-ring (bicyclic) bond motifs is 3. The Bertz CT molecular complexity index is 720. The first-order chi connectivity index (χ1) is 11.7. The average molecular weight is 360 g/mol. The number of thiophene rings is 1. The normalized spacial score (nSPS) is 25.6. The van der Waals surface area contributed by atoms with E-state index in [9.17, 15) is 4.79 Å². The molecule has 3 aliphatic rings. The van der Waals surface area contributed by atoms with Gasteiger partial charge >= 0.3 is 0 Å². The van der Waals surface area contributed by atoms with Crippen molar-refractivity contribution in [2.45, 2.75) is 35.0 Å². The zero-order valence-electron chi connectivity index (χ0n) is 13.7. The number of rotatable bonds is 4. The average Bonchev–Trinajstić information content (AvgIpc) is 3.07. The molecule has 2 aromatic heterocycles. The van der Waals surface area contributed by atoms with Gasteiger partial charge in [0.2, 0.25) is 0 Å².